The van der Waals surface area contributed by atoms with Crippen molar-refractivity contribution in [1.82, 2.24) is 0 Å². The van der Waals surface area contributed by atoms with Crippen LogP contribution in [0.25, 0.3) is 0 Å². The number of carbonyl (C=O) groups excluding carboxylic acids is 1. The number of rotatable bonds is 3. The van der Waals surface area contributed by atoms with Gasteiger partial charge in [0.15, 0.2) is 0 Å². The topological polar surface area (TPSA) is 83.6 Å². The molecule has 18 heavy (non-hydrogen) atoms. The minimum Gasteiger partial charge on any atom is -0.478 e. The van der Waals surface area contributed by atoms with Crippen LogP contribution in [0, 0.1) is 5.92 Å². The summed E-state index contributed by atoms with van der Waals surface area (Å²) in [6.07, 6.45) is 0.462. The third-order valence-corrected chi connectivity index (χ3v) is 3.54. The van der Waals surface area contributed by atoms with Gasteiger partial charge in [-0.1, -0.05) is 0 Å². The molecule has 1 aromatic rings. The van der Waals surface area contributed by atoms with Crippen molar-refractivity contribution in [2.24, 2.45) is 5.92 Å². The maximum atomic E-state index is 11.8. The average Bonchev–Trinajstić information content (AvgIpc) is 2.70. The molecule has 0 saturated carbocycles. The number of amides is 1. The fourth-order valence-electron chi connectivity index (χ4n) is 2.07. The minimum atomic E-state index is -1.03. The monoisotopic (exact) mass is 266 g/mol. The average molecular weight is 266 g/mol. The second kappa shape index (κ2) is 4.89. The second-order valence-electron chi connectivity index (χ2n) is 4.34. The molecule has 1 unspecified atom stereocenters. The van der Waals surface area contributed by atoms with Crippen LogP contribution in [0.3, 0.4) is 0 Å². The zero-order chi connectivity index (χ0) is 13.3. The molecule has 3 N–H and O–H groups in total. The summed E-state index contributed by atoms with van der Waals surface area (Å²) in [5.41, 5.74) is 6.82. The first-order chi connectivity index (χ1) is 8.52. The van der Waals surface area contributed by atoms with Crippen LogP contribution in [0.1, 0.15) is 16.8 Å². The van der Waals surface area contributed by atoms with Gasteiger partial charge in [-0.2, -0.15) is 12.6 Å². The molecule has 0 radical (unpaired) electrons. The lowest BCUT2D eigenvalue weighted by Gasteiger charge is -2.18. The molecule has 2 rings (SSSR count). The number of aromatic carboxylic acids is 1. The zero-order valence-electron chi connectivity index (χ0n) is 9.67. The summed E-state index contributed by atoms with van der Waals surface area (Å²) >= 11 is 4.19. The van der Waals surface area contributed by atoms with E-state index in [2.05, 4.69) is 12.6 Å². The molecule has 0 aromatic heterocycles. The van der Waals surface area contributed by atoms with Gasteiger partial charge in [0, 0.05) is 13.0 Å². The van der Waals surface area contributed by atoms with Gasteiger partial charge in [-0.3, -0.25) is 4.79 Å². The smallest absolute Gasteiger partial charge is 0.335 e. The van der Waals surface area contributed by atoms with E-state index in [0.717, 1.165) is 0 Å². The van der Waals surface area contributed by atoms with Gasteiger partial charge in [-0.05, 0) is 29.9 Å². The van der Waals surface area contributed by atoms with Crippen molar-refractivity contribution in [2.45, 2.75) is 6.42 Å². The van der Waals surface area contributed by atoms with E-state index < -0.39 is 5.97 Å². The van der Waals surface area contributed by atoms with Crippen LogP contribution >= 0.6 is 12.6 Å². The maximum absolute atomic E-state index is 11.8. The summed E-state index contributed by atoms with van der Waals surface area (Å²) < 4.78 is 0. The number of carboxylic acids is 1. The number of carboxylic acid groups (broad SMARTS) is 1. The number of nitrogens with two attached hydrogens (primary N) is 1. The maximum Gasteiger partial charge on any atom is 0.335 e. The van der Waals surface area contributed by atoms with Crippen LogP contribution in [0.2, 0.25) is 0 Å². The lowest BCUT2D eigenvalue weighted by atomic mass is 10.1. The van der Waals surface area contributed by atoms with Crippen LogP contribution in [-0.4, -0.2) is 29.3 Å². The number of anilines is 2. The Morgan fingerprint density at radius 2 is 2.28 bits per heavy atom. The van der Waals surface area contributed by atoms with Gasteiger partial charge in [-0.15, -0.1) is 0 Å². The number of benzene rings is 1. The standard InChI is InChI=1S/C12H14N2O3S/c13-9-4-8(12(16)17)1-2-10(9)14-5-7(6-18)3-11(14)15/h1-2,4,7,18H,3,5-6,13H2,(H,16,17). The summed E-state index contributed by atoms with van der Waals surface area (Å²) in [7, 11) is 0. The van der Waals surface area contributed by atoms with E-state index in [1.165, 1.54) is 12.1 Å². The van der Waals surface area contributed by atoms with Crippen LogP contribution < -0.4 is 10.6 Å². The van der Waals surface area contributed by atoms with Gasteiger partial charge < -0.3 is 15.7 Å². The van der Waals surface area contributed by atoms with Gasteiger partial charge in [0.05, 0.1) is 16.9 Å². The summed E-state index contributed by atoms with van der Waals surface area (Å²) in [5.74, 6) is -0.160. The number of carbonyl (C=O) groups is 2. The molecule has 1 aliphatic heterocycles. The Labute approximate surface area is 110 Å². The van der Waals surface area contributed by atoms with Gasteiger partial charge in [-0.25, -0.2) is 4.79 Å². The predicted octanol–water partition coefficient (Wildman–Crippen LogP) is 1.25. The lowest BCUT2D eigenvalue weighted by Crippen LogP contribution is -2.25. The first-order valence-electron chi connectivity index (χ1n) is 5.57. The van der Waals surface area contributed by atoms with E-state index in [1.54, 1.807) is 11.0 Å². The largest absolute Gasteiger partial charge is 0.478 e. The fourth-order valence-corrected chi connectivity index (χ4v) is 2.31. The lowest BCUT2D eigenvalue weighted by molar-refractivity contribution is -0.117. The van der Waals surface area contributed by atoms with E-state index in [9.17, 15) is 9.59 Å². The summed E-state index contributed by atoms with van der Waals surface area (Å²) in [6, 6.07) is 4.41. The molecule has 1 amide bonds. The third kappa shape index (κ3) is 2.28. The highest BCUT2D eigenvalue weighted by Crippen LogP contribution is 2.30. The Hall–Kier alpha value is -1.69. The number of hydrogen-bond acceptors (Lipinski definition) is 4. The predicted molar refractivity (Wildman–Crippen MR) is 72.1 cm³/mol. The molecule has 1 heterocycles. The molecular weight excluding hydrogens is 252 g/mol. The Kier molecular flexibility index (Phi) is 3.47. The van der Waals surface area contributed by atoms with Crippen molar-refractivity contribution in [1.29, 1.82) is 0 Å². The van der Waals surface area contributed by atoms with E-state index in [1.807, 2.05) is 0 Å². The van der Waals surface area contributed by atoms with Crippen molar-refractivity contribution >= 4 is 35.9 Å². The van der Waals surface area contributed by atoms with Gasteiger partial charge in [0.2, 0.25) is 5.91 Å². The summed E-state index contributed by atoms with van der Waals surface area (Å²) in [6.45, 7) is 0.582. The molecular formula is C12H14N2O3S. The Morgan fingerprint density at radius 3 is 2.78 bits per heavy atom. The Bertz CT molecular complexity index is 504. The highest BCUT2D eigenvalue weighted by Gasteiger charge is 2.30. The van der Waals surface area contributed by atoms with Crippen molar-refractivity contribution in [2.75, 3.05) is 22.9 Å². The first kappa shape index (κ1) is 12.8. The molecule has 0 spiro atoms. The van der Waals surface area contributed by atoms with Crippen LogP contribution in [-0.2, 0) is 4.79 Å². The normalized spacial score (nSPS) is 19.3. The van der Waals surface area contributed by atoms with Crippen molar-refractivity contribution < 1.29 is 14.7 Å². The zero-order valence-corrected chi connectivity index (χ0v) is 10.6. The Morgan fingerprint density at radius 1 is 1.56 bits per heavy atom. The van der Waals surface area contributed by atoms with E-state index in [-0.39, 0.29) is 17.4 Å². The summed E-state index contributed by atoms with van der Waals surface area (Å²) in [4.78, 5) is 24.2. The molecule has 96 valence electrons. The van der Waals surface area contributed by atoms with Crippen LogP contribution in [0.5, 0.6) is 0 Å². The third-order valence-electron chi connectivity index (χ3n) is 3.03. The number of nitrogen functional groups attached to an aromatic ring is 1. The second-order valence-corrected chi connectivity index (χ2v) is 4.70. The van der Waals surface area contributed by atoms with E-state index in [0.29, 0.717) is 30.1 Å². The fraction of sp³-hybridized carbons (Fsp3) is 0.333. The number of hydrogen-bond donors (Lipinski definition) is 3. The van der Waals surface area contributed by atoms with Crippen molar-refractivity contribution in [3.05, 3.63) is 23.8 Å². The molecule has 1 aromatic carbocycles. The van der Waals surface area contributed by atoms with Crippen LogP contribution in [0.4, 0.5) is 11.4 Å². The van der Waals surface area contributed by atoms with Crippen LogP contribution in [0.15, 0.2) is 18.2 Å². The molecule has 0 aliphatic carbocycles. The molecule has 1 atom stereocenters. The Balaban J connectivity index is 2.29. The number of thiol groups is 1. The molecule has 1 saturated heterocycles. The minimum absolute atomic E-state index is 0.00354. The SMILES string of the molecule is Nc1cc(C(=O)O)ccc1N1CC(CS)CC1=O. The van der Waals surface area contributed by atoms with Gasteiger partial charge in [0.1, 0.15) is 0 Å². The quantitative estimate of drug-likeness (QED) is 0.568. The molecule has 6 heteroatoms. The molecule has 0 bridgehead atoms. The molecule has 5 nitrogen and oxygen atoms in total. The van der Waals surface area contributed by atoms with E-state index >= 15 is 0 Å². The van der Waals surface area contributed by atoms with Gasteiger partial charge >= 0.3 is 5.97 Å². The van der Waals surface area contributed by atoms with Crippen molar-refractivity contribution in [3.63, 3.8) is 0 Å². The summed E-state index contributed by atoms with van der Waals surface area (Å²) in [5, 5.41) is 8.85. The van der Waals surface area contributed by atoms with E-state index in [4.69, 9.17) is 10.8 Å². The first-order valence-corrected chi connectivity index (χ1v) is 6.20. The highest BCUT2D eigenvalue weighted by atomic mass is 32.1. The molecule has 1 fully saturated rings. The highest BCUT2D eigenvalue weighted by molar-refractivity contribution is 7.80. The van der Waals surface area contributed by atoms with Crippen molar-refractivity contribution in [3.8, 4) is 0 Å². The van der Waals surface area contributed by atoms with Gasteiger partial charge in [0.25, 0.3) is 0 Å². The number of nitrogens with zero attached hydrogens (tertiary/aromatic N) is 1. The molecule has 1 aliphatic rings.